The van der Waals surface area contributed by atoms with E-state index in [1.165, 1.54) is 18.2 Å². The first-order chi connectivity index (χ1) is 13.4. The fourth-order valence-electron chi connectivity index (χ4n) is 2.77. The second kappa shape index (κ2) is 7.28. The molecule has 0 N–H and O–H groups in total. The number of nitrogens with zero attached hydrogens (tertiary/aromatic N) is 2. The number of nitro groups is 1. The summed E-state index contributed by atoms with van der Waals surface area (Å²) in [5.41, 5.74) is 1.08. The van der Waals surface area contributed by atoms with Crippen molar-refractivity contribution in [3.8, 4) is 11.5 Å². The lowest BCUT2D eigenvalue weighted by Crippen LogP contribution is -2.27. The molecule has 0 unspecified atom stereocenters. The van der Waals surface area contributed by atoms with E-state index in [1.807, 2.05) is 0 Å². The maximum absolute atomic E-state index is 12.7. The SMILES string of the molecule is O=C1S/C(=C\c2cc3c(cc2Br)OCO3)C(=O)N1Cc1cccc([N+](=O)[O-])c1. The Bertz CT molecular complexity index is 1050. The molecule has 10 heteroatoms. The highest BCUT2D eigenvalue weighted by atomic mass is 79.9. The molecule has 2 aromatic rings. The van der Waals surface area contributed by atoms with Crippen LogP contribution in [0.5, 0.6) is 11.5 Å². The van der Waals surface area contributed by atoms with Crippen LogP contribution in [0.4, 0.5) is 10.5 Å². The first kappa shape index (κ1) is 18.5. The zero-order valence-electron chi connectivity index (χ0n) is 14.1. The van der Waals surface area contributed by atoms with Gasteiger partial charge in [0.15, 0.2) is 11.5 Å². The first-order valence-electron chi connectivity index (χ1n) is 8.00. The van der Waals surface area contributed by atoms with Gasteiger partial charge in [0, 0.05) is 16.6 Å². The second-order valence-electron chi connectivity index (χ2n) is 5.92. The Hall–Kier alpha value is -2.85. The summed E-state index contributed by atoms with van der Waals surface area (Å²) in [6.07, 6.45) is 1.60. The summed E-state index contributed by atoms with van der Waals surface area (Å²) in [6, 6.07) is 9.32. The van der Waals surface area contributed by atoms with Crippen LogP contribution in [0.15, 0.2) is 45.8 Å². The lowest BCUT2D eigenvalue weighted by molar-refractivity contribution is -0.384. The van der Waals surface area contributed by atoms with Crippen molar-refractivity contribution in [1.29, 1.82) is 0 Å². The number of amides is 2. The Labute approximate surface area is 171 Å². The van der Waals surface area contributed by atoms with E-state index >= 15 is 0 Å². The minimum atomic E-state index is -0.519. The number of carbonyl (C=O) groups is 2. The molecule has 0 aromatic heterocycles. The van der Waals surface area contributed by atoms with Crippen LogP contribution in [0.3, 0.4) is 0 Å². The lowest BCUT2D eigenvalue weighted by Gasteiger charge is -2.12. The molecule has 2 aliphatic rings. The van der Waals surface area contributed by atoms with Crippen LogP contribution in [-0.4, -0.2) is 27.8 Å². The van der Waals surface area contributed by atoms with E-state index in [1.54, 1.807) is 24.3 Å². The molecule has 2 heterocycles. The van der Waals surface area contributed by atoms with Gasteiger partial charge in [-0.15, -0.1) is 0 Å². The molecule has 2 amide bonds. The van der Waals surface area contributed by atoms with Gasteiger partial charge in [-0.05, 0) is 41.1 Å². The highest BCUT2D eigenvalue weighted by Gasteiger charge is 2.35. The maximum Gasteiger partial charge on any atom is 0.293 e. The van der Waals surface area contributed by atoms with Crippen molar-refractivity contribution in [2.45, 2.75) is 6.54 Å². The van der Waals surface area contributed by atoms with Crippen molar-refractivity contribution in [2.24, 2.45) is 0 Å². The van der Waals surface area contributed by atoms with Crippen molar-refractivity contribution < 1.29 is 24.0 Å². The van der Waals surface area contributed by atoms with E-state index in [9.17, 15) is 19.7 Å². The van der Waals surface area contributed by atoms with E-state index in [2.05, 4.69) is 15.9 Å². The van der Waals surface area contributed by atoms with Gasteiger partial charge in [0.05, 0.1) is 16.4 Å². The number of carbonyl (C=O) groups excluding carboxylic acids is 2. The first-order valence-corrected chi connectivity index (χ1v) is 9.61. The molecule has 1 fully saturated rings. The molecule has 4 rings (SSSR count). The van der Waals surface area contributed by atoms with Gasteiger partial charge < -0.3 is 9.47 Å². The molecular weight excluding hydrogens is 452 g/mol. The highest BCUT2D eigenvalue weighted by Crippen LogP contribution is 2.40. The number of imide groups is 1. The Balaban J connectivity index is 1.58. The normalized spacial score (nSPS) is 16.9. The van der Waals surface area contributed by atoms with Gasteiger partial charge in [0.1, 0.15) is 0 Å². The van der Waals surface area contributed by atoms with Crippen molar-refractivity contribution in [3.63, 3.8) is 0 Å². The number of ether oxygens (including phenoxy) is 2. The molecule has 0 aliphatic carbocycles. The largest absolute Gasteiger partial charge is 0.454 e. The van der Waals surface area contributed by atoms with E-state index < -0.39 is 16.1 Å². The van der Waals surface area contributed by atoms with Crippen molar-refractivity contribution in [3.05, 3.63) is 67.0 Å². The maximum atomic E-state index is 12.7. The Morgan fingerprint density at radius 1 is 1.21 bits per heavy atom. The minimum absolute atomic E-state index is 0.0357. The molecule has 8 nitrogen and oxygen atoms in total. The van der Waals surface area contributed by atoms with Crippen LogP contribution in [0.1, 0.15) is 11.1 Å². The molecule has 2 aliphatic heterocycles. The van der Waals surface area contributed by atoms with Gasteiger partial charge in [-0.1, -0.05) is 28.1 Å². The van der Waals surface area contributed by atoms with Gasteiger partial charge in [-0.3, -0.25) is 24.6 Å². The summed E-state index contributed by atoms with van der Waals surface area (Å²) in [4.78, 5) is 36.7. The third kappa shape index (κ3) is 3.48. The van der Waals surface area contributed by atoms with Crippen LogP contribution in [-0.2, 0) is 11.3 Å². The number of benzene rings is 2. The van der Waals surface area contributed by atoms with E-state index in [-0.39, 0.29) is 23.9 Å². The zero-order valence-corrected chi connectivity index (χ0v) is 16.5. The van der Waals surface area contributed by atoms with Crippen molar-refractivity contribution in [2.75, 3.05) is 6.79 Å². The quantitative estimate of drug-likeness (QED) is 0.378. The average molecular weight is 463 g/mol. The predicted octanol–water partition coefficient (Wildman–Crippen LogP) is 4.32. The third-order valence-corrected chi connectivity index (χ3v) is 5.71. The predicted molar refractivity (Wildman–Crippen MR) is 105 cm³/mol. The summed E-state index contributed by atoms with van der Waals surface area (Å²) in [5, 5.41) is 10.5. The molecule has 2 aromatic carbocycles. The van der Waals surface area contributed by atoms with Gasteiger partial charge in [0.2, 0.25) is 6.79 Å². The third-order valence-electron chi connectivity index (χ3n) is 4.11. The molecule has 0 bridgehead atoms. The number of thioether (sulfide) groups is 1. The highest BCUT2D eigenvalue weighted by molar-refractivity contribution is 9.10. The standard InChI is InChI=1S/C18H11BrN2O6S/c19-13-7-15-14(26-9-27-15)5-11(13)6-16-17(22)20(18(23)28-16)8-10-2-1-3-12(4-10)21(24)25/h1-7H,8-9H2/b16-6-. The topological polar surface area (TPSA) is 99.0 Å². The van der Waals surface area contributed by atoms with E-state index in [0.717, 1.165) is 16.7 Å². The monoisotopic (exact) mass is 462 g/mol. The smallest absolute Gasteiger partial charge is 0.293 e. The van der Waals surface area contributed by atoms with Crippen LogP contribution < -0.4 is 9.47 Å². The fraction of sp³-hybridized carbons (Fsp3) is 0.111. The Morgan fingerprint density at radius 2 is 1.96 bits per heavy atom. The molecule has 0 radical (unpaired) electrons. The number of halogens is 1. The van der Waals surface area contributed by atoms with Crippen molar-refractivity contribution >= 4 is 50.6 Å². The van der Waals surface area contributed by atoms with Crippen LogP contribution >= 0.6 is 27.7 Å². The second-order valence-corrected chi connectivity index (χ2v) is 7.77. The summed E-state index contributed by atoms with van der Waals surface area (Å²) in [5.74, 6) is 0.708. The number of non-ortho nitro benzene ring substituents is 1. The number of nitro benzene ring substituents is 1. The van der Waals surface area contributed by atoms with Gasteiger partial charge >= 0.3 is 0 Å². The molecule has 142 valence electrons. The van der Waals surface area contributed by atoms with Gasteiger partial charge in [-0.25, -0.2) is 0 Å². The average Bonchev–Trinajstić information content (AvgIpc) is 3.21. The van der Waals surface area contributed by atoms with Gasteiger partial charge in [0.25, 0.3) is 16.8 Å². The lowest BCUT2D eigenvalue weighted by atomic mass is 10.1. The van der Waals surface area contributed by atoms with Crippen LogP contribution in [0.25, 0.3) is 6.08 Å². The number of fused-ring (bicyclic) bond motifs is 1. The minimum Gasteiger partial charge on any atom is -0.454 e. The fourth-order valence-corrected chi connectivity index (χ4v) is 4.04. The Kier molecular flexibility index (Phi) is 4.82. The summed E-state index contributed by atoms with van der Waals surface area (Å²) >= 11 is 4.24. The summed E-state index contributed by atoms with van der Waals surface area (Å²) in [6.45, 7) is 0.0942. The summed E-state index contributed by atoms with van der Waals surface area (Å²) in [7, 11) is 0. The molecule has 0 spiro atoms. The van der Waals surface area contributed by atoms with Crippen LogP contribution in [0, 0.1) is 10.1 Å². The Morgan fingerprint density at radius 3 is 2.71 bits per heavy atom. The van der Waals surface area contributed by atoms with Gasteiger partial charge in [-0.2, -0.15) is 0 Å². The van der Waals surface area contributed by atoms with Crippen LogP contribution in [0.2, 0.25) is 0 Å². The molecule has 0 atom stereocenters. The van der Waals surface area contributed by atoms with E-state index in [4.69, 9.17) is 9.47 Å². The molecular formula is C18H11BrN2O6S. The molecule has 0 saturated carbocycles. The number of hydrogen-bond acceptors (Lipinski definition) is 7. The molecule has 1 saturated heterocycles. The number of rotatable bonds is 4. The summed E-state index contributed by atoms with van der Waals surface area (Å²) < 4.78 is 11.3. The van der Waals surface area contributed by atoms with E-state index in [0.29, 0.717) is 27.1 Å². The zero-order chi connectivity index (χ0) is 19.8. The number of hydrogen-bond donors (Lipinski definition) is 0. The van der Waals surface area contributed by atoms with Crippen molar-refractivity contribution in [1.82, 2.24) is 4.90 Å². The molecule has 28 heavy (non-hydrogen) atoms.